The Morgan fingerprint density at radius 2 is 1.96 bits per heavy atom. The van der Waals surface area contributed by atoms with Crippen molar-refractivity contribution >= 4 is 23.2 Å². The Balaban J connectivity index is 1.85. The molecule has 0 aromatic heterocycles. The first kappa shape index (κ1) is 18.7. The average molecular weight is 366 g/mol. The molecule has 6 heteroatoms. The van der Waals surface area contributed by atoms with Crippen LogP contribution in [0.25, 0.3) is 0 Å². The molecule has 140 valence electrons. The molecule has 1 unspecified atom stereocenters. The van der Waals surface area contributed by atoms with Gasteiger partial charge in [-0.3, -0.25) is 9.59 Å². The van der Waals surface area contributed by atoms with Gasteiger partial charge in [-0.05, 0) is 44.2 Å². The number of amides is 2. The van der Waals surface area contributed by atoms with Gasteiger partial charge in [0.05, 0.1) is 11.8 Å². The van der Waals surface area contributed by atoms with E-state index in [-0.39, 0.29) is 11.8 Å². The summed E-state index contributed by atoms with van der Waals surface area (Å²) in [6.45, 7) is 7.19. The second kappa shape index (κ2) is 7.25. The molecule has 0 spiro atoms. The van der Waals surface area contributed by atoms with Gasteiger partial charge in [-0.25, -0.2) is 0 Å². The molecule has 1 heterocycles. The summed E-state index contributed by atoms with van der Waals surface area (Å²) >= 11 is 0. The number of carbonyl (C=O) groups excluding carboxylic acids is 2. The van der Waals surface area contributed by atoms with Crippen molar-refractivity contribution in [3.63, 3.8) is 0 Å². The fourth-order valence-electron chi connectivity index (χ4n) is 3.05. The van der Waals surface area contributed by atoms with Crippen molar-refractivity contribution in [3.8, 4) is 5.75 Å². The molecule has 1 aliphatic heterocycles. The molecule has 0 saturated heterocycles. The minimum absolute atomic E-state index is 0.348. The third-order valence-corrected chi connectivity index (χ3v) is 4.29. The van der Waals surface area contributed by atoms with Crippen molar-refractivity contribution in [2.45, 2.75) is 32.0 Å². The van der Waals surface area contributed by atoms with Crippen LogP contribution >= 0.6 is 0 Å². The summed E-state index contributed by atoms with van der Waals surface area (Å²) in [6, 6.07) is 11.9. The molecule has 3 N–H and O–H groups in total. The van der Waals surface area contributed by atoms with Crippen molar-refractivity contribution in [1.29, 1.82) is 0 Å². The molecule has 2 aromatic rings. The molecule has 0 bridgehead atoms. The Morgan fingerprint density at radius 1 is 1.22 bits per heavy atom. The molecule has 1 aliphatic rings. The largest absolute Gasteiger partial charge is 0.485 e. The highest BCUT2D eigenvalue weighted by Gasteiger charge is 2.34. The van der Waals surface area contributed by atoms with E-state index < -0.39 is 11.7 Å². The van der Waals surface area contributed by atoms with Crippen LogP contribution in [0.1, 0.15) is 42.3 Å². The minimum atomic E-state index is -0.655. The van der Waals surface area contributed by atoms with Crippen LogP contribution in [-0.2, 0) is 4.79 Å². The molecule has 0 radical (unpaired) electrons. The summed E-state index contributed by atoms with van der Waals surface area (Å²) in [7, 11) is 0. The maximum absolute atomic E-state index is 12.7. The van der Waals surface area contributed by atoms with Crippen molar-refractivity contribution in [1.82, 2.24) is 0 Å². The van der Waals surface area contributed by atoms with Crippen molar-refractivity contribution in [2.24, 2.45) is 0 Å². The molecule has 6 nitrogen and oxygen atoms in total. The molecule has 0 fully saturated rings. The highest BCUT2D eigenvalue weighted by Crippen LogP contribution is 2.43. The van der Waals surface area contributed by atoms with E-state index >= 15 is 0 Å². The van der Waals surface area contributed by atoms with Gasteiger partial charge in [0, 0.05) is 23.2 Å². The lowest BCUT2D eigenvalue weighted by Crippen LogP contribution is -2.35. The molecule has 0 aliphatic carbocycles. The van der Waals surface area contributed by atoms with Gasteiger partial charge in [0.25, 0.3) is 5.91 Å². The first-order valence-electron chi connectivity index (χ1n) is 8.64. The predicted octanol–water partition coefficient (Wildman–Crippen LogP) is 3.66. The van der Waals surface area contributed by atoms with Crippen LogP contribution < -0.4 is 15.4 Å². The fraction of sp³-hybridized carbons (Fsp3) is 0.238. The third-order valence-electron chi connectivity index (χ3n) is 4.29. The van der Waals surface area contributed by atoms with Gasteiger partial charge >= 0.3 is 0 Å². The van der Waals surface area contributed by atoms with E-state index in [4.69, 9.17) is 4.74 Å². The molecule has 2 amide bonds. The Morgan fingerprint density at radius 3 is 2.70 bits per heavy atom. The van der Waals surface area contributed by atoms with E-state index in [1.54, 1.807) is 42.5 Å². The van der Waals surface area contributed by atoms with Crippen molar-refractivity contribution < 1.29 is 19.4 Å². The van der Waals surface area contributed by atoms with E-state index in [1.807, 2.05) is 13.8 Å². The Kier molecular flexibility index (Phi) is 5.01. The van der Waals surface area contributed by atoms with Crippen LogP contribution in [0.4, 0.5) is 11.4 Å². The van der Waals surface area contributed by atoms with Gasteiger partial charge in [-0.2, -0.15) is 0 Å². The zero-order valence-electron chi connectivity index (χ0n) is 15.3. The van der Waals surface area contributed by atoms with Crippen LogP contribution in [0.3, 0.4) is 0 Å². The molecule has 27 heavy (non-hydrogen) atoms. The van der Waals surface area contributed by atoms with E-state index in [2.05, 4.69) is 17.2 Å². The maximum atomic E-state index is 12.7. The lowest BCUT2D eigenvalue weighted by atomic mass is 9.91. The second-order valence-electron chi connectivity index (χ2n) is 7.03. The zero-order valence-corrected chi connectivity index (χ0v) is 15.3. The van der Waals surface area contributed by atoms with Crippen LogP contribution in [0.5, 0.6) is 5.75 Å². The highest BCUT2D eigenvalue weighted by atomic mass is 16.5. The standard InChI is InChI=1S/C21H22N2O4/c1-4-18(25)22-14-8-5-7-13(11-14)20(26)23-16-10-6-9-15-17(24)12-21(2,3)27-19(15)16/h4-11,17,24H,1,12H2,2-3H3,(H,22,25)(H,23,26). The number of ether oxygens (including phenoxy) is 1. The van der Waals surface area contributed by atoms with Crippen molar-refractivity contribution in [3.05, 3.63) is 66.2 Å². The number of hydrogen-bond acceptors (Lipinski definition) is 4. The maximum Gasteiger partial charge on any atom is 0.255 e. The molecule has 3 rings (SSSR count). The number of para-hydroxylation sites is 1. The quantitative estimate of drug-likeness (QED) is 0.721. The Bertz CT molecular complexity index is 905. The number of anilines is 2. The fourth-order valence-corrected chi connectivity index (χ4v) is 3.05. The lowest BCUT2D eigenvalue weighted by Gasteiger charge is -2.36. The predicted molar refractivity (Wildman–Crippen MR) is 104 cm³/mol. The summed E-state index contributed by atoms with van der Waals surface area (Å²) in [5.41, 5.74) is 1.48. The van der Waals surface area contributed by atoms with Crippen LogP contribution in [-0.4, -0.2) is 22.5 Å². The van der Waals surface area contributed by atoms with Crippen LogP contribution in [0, 0.1) is 0 Å². The second-order valence-corrected chi connectivity index (χ2v) is 7.03. The van der Waals surface area contributed by atoms with E-state index in [9.17, 15) is 14.7 Å². The summed E-state index contributed by atoms with van der Waals surface area (Å²) in [4.78, 5) is 24.1. The number of aliphatic hydroxyl groups is 1. The SMILES string of the molecule is C=CC(=O)Nc1cccc(C(=O)Nc2cccc3c2OC(C)(C)CC3O)c1. The van der Waals surface area contributed by atoms with Gasteiger partial charge in [-0.1, -0.05) is 24.8 Å². The molecular weight excluding hydrogens is 344 g/mol. The Hall–Kier alpha value is -3.12. The number of nitrogens with one attached hydrogen (secondary N) is 2. The first-order chi connectivity index (χ1) is 12.8. The summed E-state index contributed by atoms with van der Waals surface area (Å²) in [5, 5.41) is 15.8. The molecular formula is C21H22N2O4. The van der Waals surface area contributed by atoms with Gasteiger partial charge in [0.1, 0.15) is 11.4 Å². The monoisotopic (exact) mass is 366 g/mol. The lowest BCUT2D eigenvalue weighted by molar-refractivity contribution is -0.111. The number of rotatable bonds is 4. The van der Waals surface area contributed by atoms with Gasteiger partial charge in [-0.15, -0.1) is 0 Å². The minimum Gasteiger partial charge on any atom is -0.485 e. The number of fused-ring (bicyclic) bond motifs is 1. The van der Waals surface area contributed by atoms with Crippen LogP contribution in [0.2, 0.25) is 0 Å². The van der Waals surface area contributed by atoms with Gasteiger partial charge in [0.15, 0.2) is 0 Å². The molecule has 2 aromatic carbocycles. The van der Waals surface area contributed by atoms with E-state index in [0.29, 0.717) is 34.7 Å². The Labute approximate surface area is 157 Å². The first-order valence-corrected chi connectivity index (χ1v) is 8.64. The number of benzene rings is 2. The molecule has 0 saturated carbocycles. The topological polar surface area (TPSA) is 87.7 Å². The van der Waals surface area contributed by atoms with Crippen molar-refractivity contribution in [2.75, 3.05) is 10.6 Å². The van der Waals surface area contributed by atoms with Gasteiger partial charge in [0.2, 0.25) is 5.91 Å². The summed E-state index contributed by atoms with van der Waals surface area (Å²) < 4.78 is 6.01. The highest BCUT2D eigenvalue weighted by molar-refractivity contribution is 6.06. The van der Waals surface area contributed by atoms with Gasteiger partial charge < -0.3 is 20.5 Å². The smallest absolute Gasteiger partial charge is 0.255 e. The van der Waals surface area contributed by atoms with E-state index in [0.717, 1.165) is 6.08 Å². The average Bonchev–Trinajstić information content (AvgIpc) is 2.61. The summed E-state index contributed by atoms with van der Waals surface area (Å²) in [5.74, 6) is -0.223. The zero-order chi connectivity index (χ0) is 19.6. The third kappa shape index (κ3) is 4.17. The normalized spacial score (nSPS) is 17.2. The van der Waals surface area contributed by atoms with E-state index in [1.165, 1.54) is 0 Å². The number of aliphatic hydroxyl groups excluding tert-OH is 1. The number of carbonyl (C=O) groups is 2. The van der Waals surface area contributed by atoms with Crippen LogP contribution in [0.15, 0.2) is 55.1 Å². The summed E-state index contributed by atoms with van der Waals surface area (Å²) in [6.07, 6.45) is 0.980. The molecule has 1 atom stereocenters. The number of hydrogen-bond donors (Lipinski definition) is 3.